The Labute approximate surface area is 130 Å². The topological polar surface area (TPSA) is 17.8 Å². The zero-order valence-corrected chi connectivity index (χ0v) is 15.0. The third-order valence-corrected chi connectivity index (χ3v) is 4.79. The van der Waals surface area contributed by atoms with E-state index < -0.39 is 0 Å². The van der Waals surface area contributed by atoms with E-state index in [-0.39, 0.29) is 5.41 Å². The fourth-order valence-electron chi connectivity index (χ4n) is 2.51. The molecule has 108 valence electrons. The van der Waals surface area contributed by atoms with Crippen molar-refractivity contribution in [3.8, 4) is 11.3 Å². The van der Waals surface area contributed by atoms with Gasteiger partial charge >= 0.3 is 0 Å². The first kappa shape index (κ1) is 15.3. The maximum absolute atomic E-state index is 4.71. The summed E-state index contributed by atoms with van der Waals surface area (Å²) in [5.74, 6) is 1.02. The molecule has 1 aromatic carbocycles. The first-order chi connectivity index (χ1) is 9.12. The van der Waals surface area contributed by atoms with Crippen LogP contribution in [0.5, 0.6) is 0 Å². The summed E-state index contributed by atoms with van der Waals surface area (Å²) in [6.45, 7) is 13.1. The minimum absolute atomic E-state index is 0.172. The Balaban J connectivity index is 2.67. The lowest BCUT2D eigenvalue weighted by Crippen LogP contribution is -2.12. The molecule has 0 saturated heterocycles. The number of benzene rings is 1. The van der Waals surface area contributed by atoms with E-state index in [4.69, 9.17) is 4.98 Å². The Morgan fingerprint density at radius 2 is 1.55 bits per heavy atom. The van der Waals surface area contributed by atoms with Crippen LogP contribution in [0, 0.1) is 20.8 Å². The minimum Gasteiger partial charge on any atom is -0.326 e. The molecular weight excluding hydrogens is 312 g/mol. The van der Waals surface area contributed by atoms with Crippen molar-refractivity contribution in [2.45, 2.75) is 47.0 Å². The van der Waals surface area contributed by atoms with E-state index in [1.165, 1.54) is 22.3 Å². The van der Waals surface area contributed by atoms with E-state index in [0.717, 1.165) is 16.1 Å². The molecule has 3 heteroatoms. The van der Waals surface area contributed by atoms with Gasteiger partial charge in [0.15, 0.2) is 0 Å². The molecule has 1 aromatic heterocycles. The van der Waals surface area contributed by atoms with Crippen molar-refractivity contribution < 1.29 is 0 Å². The Hall–Kier alpha value is -1.09. The summed E-state index contributed by atoms with van der Waals surface area (Å²) in [6.07, 6.45) is 0. The van der Waals surface area contributed by atoms with Gasteiger partial charge in [-0.25, -0.2) is 4.98 Å². The van der Waals surface area contributed by atoms with E-state index in [2.05, 4.69) is 67.2 Å². The highest BCUT2D eigenvalue weighted by Gasteiger charge is 2.20. The molecular formula is C17H23BrN2. The van der Waals surface area contributed by atoms with Gasteiger partial charge in [-0.1, -0.05) is 32.9 Å². The van der Waals surface area contributed by atoms with E-state index >= 15 is 0 Å². The van der Waals surface area contributed by atoms with Crippen molar-refractivity contribution in [2.75, 3.05) is 0 Å². The standard InChI is InChI=1S/C17H23BrN2/c1-10-8-13(17(4,5)6)9-11(2)14(10)15-16(18)20(7)12(3)19-15/h8-9H,1-7H3. The molecule has 2 aromatic rings. The zero-order valence-electron chi connectivity index (χ0n) is 13.4. The van der Waals surface area contributed by atoms with Gasteiger partial charge in [-0.3, -0.25) is 0 Å². The second-order valence-electron chi connectivity index (χ2n) is 6.59. The Morgan fingerprint density at radius 1 is 1.05 bits per heavy atom. The largest absolute Gasteiger partial charge is 0.326 e. The van der Waals surface area contributed by atoms with Crippen LogP contribution < -0.4 is 0 Å². The molecule has 2 nitrogen and oxygen atoms in total. The summed E-state index contributed by atoms with van der Waals surface area (Å²) in [5.41, 5.74) is 6.40. The van der Waals surface area contributed by atoms with Crippen molar-refractivity contribution in [3.05, 3.63) is 39.3 Å². The fraction of sp³-hybridized carbons (Fsp3) is 0.471. The van der Waals surface area contributed by atoms with Crippen molar-refractivity contribution in [1.82, 2.24) is 9.55 Å². The van der Waals surface area contributed by atoms with Crippen LogP contribution in [0.25, 0.3) is 11.3 Å². The van der Waals surface area contributed by atoms with Gasteiger partial charge in [-0.2, -0.15) is 0 Å². The summed E-state index contributed by atoms with van der Waals surface area (Å²) in [7, 11) is 2.03. The Morgan fingerprint density at radius 3 is 1.90 bits per heavy atom. The van der Waals surface area contributed by atoms with Gasteiger partial charge in [-0.05, 0) is 58.8 Å². The van der Waals surface area contributed by atoms with Crippen LogP contribution in [0.15, 0.2) is 16.7 Å². The third kappa shape index (κ3) is 2.56. The highest BCUT2D eigenvalue weighted by Crippen LogP contribution is 2.35. The quantitative estimate of drug-likeness (QED) is 0.711. The summed E-state index contributed by atoms with van der Waals surface area (Å²) >= 11 is 3.66. The second-order valence-corrected chi connectivity index (χ2v) is 7.34. The summed E-state index contributed by atoms with van der Waals surface area (Å²) in [4.78, 5) is 4.71. The lowest BCUT2D eigenvalue weighted by molar-refractivity contribution is 0.589. The maximum Gasteiger partial charge on any atom is 0.112 e. The molecule has 0 radical (unpaired) electrons. The molecule has 0 N–H and O–H groups in total. The first-order valence-electron chi connectivity index (χ1n) is 6.94. The number of imidazole rings is 1. The van der Waals surface area contributed by atoms with Crippen molar-refractivity contribution >= 4 is 15.9 Å². The number of hydrogen-bond acceptors (Lipinski definition) is 1. The summed E-state index contributed by atoms with van der Waals surface area (Å²) in [6, 6.07) is 4.58. The third-order valence-electron chi connectivity index (χ3n) is 3.88. The van der Waals surface area contributed by atoms with Crippen LogP contribution in [-0.2, 0) is 12.5 Å². The molecule has 0 aliphatic heterocycles. The number of rotatable bonds is 1. The number of halogens is 1. The van der Waals surface area contributed by atoms with Gasteiger partial charge < -0.3 is 4.57 Å². The molecule has 0 fully saturated rings. The smallest absolute Gasteiger partial charge is 0.112 e. The van der Waals surface area contributed by atoms with Crippen LogP contribution in [-0.4, -0.2) is 9.55 Å². The molecule has 0 saturated carbocycles. The Kier molecular flexibility index (Phi) is 3.85. The van der Waals surface area contributed by atoms with E-state index in [1.807, 2.05) is 14.0 Å². The number of hydrogen-bond donors (Lipinski definition) is 0. The number of aryl methyl sites for hydroxylation is 3. The van der Waals surface area contributed by atoms with E-state index in [0.29, 0.717) is 0 Å². The molecule has 2 rings (SSSR count). The molecule has 0 aliphatic carbocycles. The maximum atomic E-state index is 4.71. The molecule has 20 heavy (non-hydrogen) atoms. The van der Waals surface area contributed by atoms with Crippen LogP contribution in [0.1, 0.15) is 43.3 Å². The van der Waals surface area contributed by atoms with Crippen LogP contribution in [0.2, 0.25) is 0 Å². The monoisotopic (exact) mass is 334 g/mol. The predicted molar refractivity (Wildman–Crippen MR) is 89.3 cm³/mol. The van der Waals surface area contributed by atoms with Crippen molar-refractivity contribution in [3.63, 3.8) is 0 Å². The Bertz CT molecular complexity index is 637. The summed E-state index contributed by atoms with van der Waals surface area (Å²) in [5, 5.41) is 0. The van der Waals surface area contributed by atoms with E-state index in [9.17, 15) is 0 Å². The molecule has 0 atom stereocenters. The van der Waals surface area contributed by atoms with Gasteiger partial charge in [0.1, 0.15) is 16.1 Å². The molecule has 0 spiro atoms. The van der Waals surface area contributed by atoms with Gasteiger partial charge in [0.05, 0.1) is 0 Å². The molecule has 0 bridgehead atoms. The number of nitrogens with zero attached hydrogens (tertiary/aromatic N) is 2. The van der Waals surface area contributed by atoms with Crippen LogP contribution in [0.4, 0.5) is 0 Å². The second kappa shape index (κ2) is 5.03. The highest BCUT2D eigenvalue weighted by atomic mass is 79.9. The van der Waals surface area contributed by atoms with Gasteiger partial charge in [0.2, 0.25) is 0 Å². The zero-order chi connectivity index (χ0) is 15.2. The predicted octanol–water partition coefficient (Wildman–Crippen LogP) is 5.07. The normalized spacial score (nSPS) is 12.0. The van der Waals surface area contributed by atoms with Crippen LogP contribution in [0.3, 0.4) is 0 Å². The highest BCUT2D eigenvalue weighted by molar-refractivity contribution is 9.10. The lowest BCUT2D eigenvalue weighted by Gasteiger charge is -2.22. The van der Waals surface area contributed by atoms with E-state index in [1.54, 1.807) is 0 Å². The van der Waals surface area contributed by atoms with Gasteiger partial charge in [0.25, 0.3) is 0 Å². The average Bonchev–Trinajstić information content (AvgIpc) is 2.55. The first-order valence-corrected chi connectivity index (χ1v) is 7.73. The fourth-order valence-corrected chi connectivity index (χ4v) is 3.06. The van der Waals surface area contributed by atoms with Crippen molar-refractivity contribution in [1.29, 1.82) is 0 Å². The lowest BCUT2D eigenvalue weighted by atomic mass is 9.83. The van der Waals surface area contributed by atoms with Gasteiger partial charge in [-0.15, -0.1) is 0 Å². The summed E-state index contributed by atoms with van der Waals surface area (Å²) < 4.78 is 3.12. The molecule has 0 amide bonds. The molecule has 1 heterocycles. The SMILES string of the molecule is Cc1cc(C(C)(C)C)cc(C)c1-c1nc(C)n(C)c1Br. The van der Waals surface area contributed by atoms with Crippen LogP contribution >= 0.6 is 15.9 Å². The number of aromatic nitrogens is 2. The average molecular weight is 335 g/mol. The molecule has 0 aliphatic rings. The van der Waals surface area contributed by atoms with Gasteiger partial charge in [0, 0.05) is 12.6 Å². The van der Waals surface area contributed by atoms with Crippen molar-refractivity contribution in [2.24, 2.45) is 7.05 Å². The molecule has 0 unspecified atom stereocenters. The minimum atomic E-state index is 0.172.